The van der Waals surface area contributed by atoms with Gasteiger partial charge < -0.3 is 30.1 Å². The largest absolute Gasteiger partial charge is 0.389 e. The summed E-state index contributed by atoms with van der Waals surface area (Å²) in [5.41, 5.74) is 0.0698. The van der Waals surface area contributed by atoms with E-state index in [1.54, 1.807) is 41.4 Å². The average molecular weight is 901 g/mol. The van der Waals surface area contributed by atoms with E-state index in [1.165, 1.54) is 43.7 Å². The van der Waals surface area contributed by atoms with Crippen molar-refractivity contribution in [3.8, 4) is 11.1 Å². The molecule has 7 heterocycles. The van der Waals surface area contributed by atoms with Crippen LogP contribution in [0.25, 0.3) is 22.2 Å². The van der Waals surface area contributed by atoms with Gasteiger partial charge in [0.2, 0.25) is 23.7 Å². The van der Waals surface area contributed by atoms with Crippen molar-refractivity contribution in [3.63, 3.8) is 0 Å². The Morgan fingerprint density at radius 2 is 1.66 bits per heavy atom. The van der Waals surface area contributed by atoms with Gasteiger partial charge >= 0.3 is 10.2 Å². The molecule has 3 fully saturated rings. The maximum atomic E-state index is 15.6. The maximum Gasteiger partial charge on any atom is 0.301 e. The SMILES string of the molecule is CCN(C)S(=O)(=O)Nc1cccc(C(=O)c2c[nH]c3ncc(-c4cnc(N5CCN(C(=O)CC6(O)CCN(c7ncc(NC8CCC(=O)NC8=O)cc7F)CC6)CC5)nc4)cc23)c1F. The molecule has 3 aliphatic rings. The van der Waals surface area contributed by atoms with Crippen LogP contribution in [0.5, 0.6) is 0 Å². The van der Waals surface area contributed by atoms with Gasteiger partial charge in [0, 0.05) is 112 Å². The number of imide groups is 1. The van der Waals surface area contributed by atoms with E-state index in [0.29, 0.717) is 66.4 Å². The second-order valence-corrected chi connectivity index (χ2v) is 17.8. The van der Waals surface area contributed by atoms with Gasteiger partial charge in [-0.25, -0.2) is 28.7 Å². The first-order valence-corrected chi connectivity index (χ1v) is 22.2. The minimum atomic E-state index is -4.04. The highest BCUT2D eigenvalue weighted by atomic mass is 32.2. The predicted octanol–water partition coefficient (Wildman–Crippen LogP) is 2.82. The van der Waals surface area contributed by atoms with Gasteiger partial charge in [-0.3, -0.25) is 29.2 Å². The van der Waals surface area contributed by atoms with Gasteiger partial charge in [0.05, 0.1) is 35.2 Å². The van der Waals surface area contributed by atoms with E-state index in [2.05, 4.69) is 40.3 Å². The van der Waals surface area contributed by atoms with E-state index in [1.807, 2.05) is 4.90 Å². The first-order chi connectivity index (χ1) is 30.6. The first-order valence-electron chi connectivity index (χ1n) is 20.7. The van der Waals surface area contributed by atoms with Gasteiger partial charge in [-0.1, -0.05) is 13.0 Å². The molecule has 0 bridgehead atoms. The molecule has 0 aliphatic carbocycles. The number of carbonyl (C=O) groups excluding carboxylic acids is 4. The first kappa shape index (κ1) is 44.0. The van der Waals surface area contributed by atoms with Crippen LogP contribution in [0.15, 0.2) is 61.3 Å². The van der Waals surface area contributed by atoms with Crippen molar-refractivity contribution in [1.29, 1.82) is 0 Å². The molecule has 0 saturated carbocycles. The monoisotopic (exact) mass is 900 g/mol. The number of rotatable bonds is 13. The highest BCUT2D eigenvalue weighted by Gasteiger charge is 2.38. The fraction of sp³-hybridized carbons (Fsp3) is 0.381. The molecule has 0 spiro atoms. The number of carbonyl (C=O) groups is 4. The summed E-state index contributed by atoms with van der Waals surface area (Å²) in [4.78, 5) is 76.7. The lowest BCUT2D eigenvalue weighted by molar-refractivity contribution is -0.138. The zero-order valence-electron chi connectivity index (χ0n) is 35.0. The van der Waals surface area contributed by atoms with Crippen molar-refractivity contribution in [2.45, 2.75) is 50.7 Å². The third-order valence-corrected chi connectivity index (χ3v) is 13.4. The number of nitrogens with one attached hydrogen (secondary N) is 4. The van der Waals surface area contributed by atoms with E-state index in [-0.39, 0.29) is 79.8 Å². The zero-order chi connectivity index (χ0) is 45.3. The molecule has 64 heavy (non-hydrogen) atoms. The third-order valence-electron chi connectivity index (χ3n) is 11.9. The van der Waals surface area contributed by atoms with Crippen molar-refractivity contribution in [2.24, 2.45) is 0 Å². The molecule has 1 atom stereocenters. The van der Waals surface area contributed by atoms with Crippen LogP contribution in [-0.2, 0) is 24.6 Å². The molecule has 0 radical (unpaired) electrons. The van der Waals surface area contributed by atoms with Crippen molar-refractivity contribution in [1.82, 2.24) is 39.4 Å². The Kier molecular flexibility index (Phi) is 12.3. The number of nitrogens with zero attached hydrogens (tertiary/aromatic N) is 8. The summed E-state index contributed by atoms with van der Waals surface area (Å²) in [6.07, 6.45) is 8.54. The van der Waals surface area contributed by atoms with Crippen LogP contribution in [0.3, 0.4) is 0 Å². The van der Waals surface area contributed by atoms with Crippen molar-refractivity contribution in [3.05, 3.63) is 84.1 Å². The van der Waals surface area contributed by atoms with Crippen LogP contribution in [-0.4, -0.2) is 136 Å². The van der Waals surface area contributed by atoms with E-state index in [0.717, 1.165) is 4.31 Å². The van der Waals surface area contributed by atoms with Gasteiger partial charge in [0.15, 0.2) is 23.2 Å². The lowest BCUT2D eigenvalue weighted by Gasteiger charge is -2.40. The molecule has 8 rings (SSSR count). The minimum Gasteiger partial charge on any atom is -0.389 e. The summed E-state index contributed by atoms with van der Waals surface area (Å²) in [6.45, 7) is 4.03. The molecule has 1 unspecified atom stereocenters. The number of aromatic nitrogens is 5. The molecule has 3 amide bonds. The Morgan fingerprint density at radius 1 is 0.938 bits per heavy atom. The Balaban J connectivity index is 0.842. The van der Waals surface area contributed by atoms with Crippen LogP contribution < -0.4 is 25.2 Å². The molecule has 5 N–H and O–H groups in total. The van der Waals surface area contributed by atoms with Crippen molar-refractivity contribution < 1.29 is 41.5 Å². The summed E-state index contributed by atoms with van der Waals surface area (Å²) < 4.78 is 59.1. The molecule has 1 aromatic carbocycles. The van der Waals surface area contributed by atoms with Crippen LogP contribution in [0, 0.1) is 11.6 Å². The standard InChI is InChI=1S/C42H46F2N12O7S/c1-3-53(2)64(62,63)52-32-6-4-5-28(36(32)44)37(59)30-24-46-38-29(30)17-25(20-45-38)26-21-48-41(49-22-26)56-15-13-54(14-16-56)35(58)19-42(61)9-11-55(12-10-42)39-31(43)18-27(23-47-39)50-33-7-8-34(57)51-40(33)60/h4-6,17-18,20-24,33,50,52,61H,3,7-16,19H2,1-2H3,(H,45,46)(H,51,57,60). The summed E-state index contributed by atoms with van der Waals surface area (Å²) >= 11 is 0. The number of aromatic amines is 1. The fourth-order valence-electron chi connectivity index (χ4n) is 7.94. The Hall–Kier alpha value is -6.65. The van der Waals surface area contributed by atoms with Crippen LogP contribution >= 0.6 is 0 Å². The highest BCUT2D eigenvalue weighted by Crippen LogP contribution is 2.32. The van der Waals surface area contributed by atoms with E-state index in [4.69, 9.17) is 0 Å². The topological polar surface area (TPSA) is 239 Å². The molecule has 22 heteroatoms. The normalized spacial score (nSPS) is 18.0. The maximum absolute atomic E-state index is 15.6. The lowest BCUT2D eigenvalue weighted by Crippen LogP contribution is -2.52. The summed E-state index contributed by atoms with van der Waals surface area (Å²) in [6, 6.07) is 6.20. The number of ketones is 1. The van der Waals surface area contributed by atoms with Crippen molar-refractivity contribution in [2.75, 3.05) is 72.7 Å². The Morgan fingerprint density at radius 3 is 2.34 bits per heavy atom. The van der Waals surface area contributed by atoms with Crippen LogP contribution in [0.2, 0.25) is 0 Å². The molecule has 19 nitrogen and oxygen atoms in total. The second kappa shape index (κ2) is 17.8. The number of fused-ring (bicyclic) bond motifs is 1. The van der Waals surface area contributed by atoms with Crippen LogP contribution in [0.4, 0.5) is 31.9 Å². The third kappa shape index (κ3) is 9.19. The number of halogens is 2. The molecular weight excluding hydrogens is 855 g/mol. The molecule has 336 valence electrons. The molecule has 3 saturated heterocycles. The summed E-state index contributed by atoms with van der Waals surface area (Å²) in [7, 11) is -2.69. The summed E-state index contributed by atoms with van der Waals surface area (Å²) in [5.74, 6) is -2.74. The Bertz CT molecular complexity index is 2720. The van der Waals surface area contributed by atoms with Gasteiger partial charge in [-0.05, 0) is 37.5 Å². The second-order valence-electron chi connectivity index (χ2n) is 16.0. The lowest BCUT2D eigenvalue weighted by atomic mass is 9.87. The molecular formula is C42H46F2N12O7S. The van der Waals surface area contributed by atoms with Gasteiger partial charge in [0.1, 0.15) is 11.7 Å². The fourth-order valence-corrected chi connectivity index (χ4v) is 8.87. The molecule has 3 aliphatic heterocycles. The van der Waals surface area contributed by atoms with Crippen LogP contribution in [0.1, 0.15) is 54.9 Å². The number of anilines is 4. The predicted molar refractivity (Wildman–Crippen MR) is 232 cm³/mol. The number of amides is 3. The molecule has 4 aromatic heterocycles. The number of benzene rings is 1. The number of pyridine rings is 2. The number of hydrogen-bond donors (Lipinski definition) is 5. The number of piperazine rings is 1. The number of hydrogen-bond acceptors (Lipinski definition) is 14. The number of piperidine rings is 2. The average Bonchev–Trinajstić information content (AvgIpc) is 3.71. The van der Waals surface area contributed by atoms with Gasteiger partial charge in [0.25, 0.3) is 0 Å². The van der Waals surface area contributed by atoms with E-state index >= 15 is 8.78 Å². The van der Waals surface area contributed by atoms with E-state index in [9.17, 15) is 32.7 Å². The minimum absolute atomic E-state index is 0.0800. The quantitative estimate of drug-likeness (QED) is 0.0845. The smallest absolute Gasteiger partial charge is 0.301 e. The van der Waals surface area contributed by atoms with Crippen molar-refractivity contribution >= 4 is 67.9 Å². The van der Waals surface area contributed by atoms with Gasteiger partial charge in [-0.15, -0.1) is 0 Å². The Labute approximate surface area is 366 Å². The zero-order valence-corrected chi connectivity index (χ0v) is 35.8. The molecule has 5 aromatic rings. The number of aliphatic hydroxyl groups is 1. The highest BCUT2D eigenvalue weighted by molar-refractivity contribution is 7.90. The van der Waals surface area contributed by atoms with E-state index < -0.39 is 45.2 Å². The summed E-state index contributed by atoms with van der Waals surface area (Å²) in [5, 5.41) is 17.0. The van der Waals surface area contributed by atoms with Gasteiger partial charge in [-0.2, -0.15) is 12.7 Å². The number of H-pyrrole nitrogens is 1.